The average molecular weight is 287 g/mol. The highest BCUT2D eigenvalue weighted by atomic mass is 15.3. The molecule has 2 aliphatic heterocycles. The third kappa shape index (κ3) is 4.80. The number of nitrogens with zero attached hydrogens (tertiary/aromatic N) is 2. The smallest absolute Gasteiger partial charge is 0.0195 e. The van der Waals surface area contributed by atoms with Gasteiger partial charge < -0.3 is 10.2 Å². The Morgan fingerprint density at radius 3 is 2.48 bits per heavy atom. The molecule has 21 heavy (non-hydrogen) atoms. The van der Waals surface area contributed by atoms with E-state index in [2.05, 4.69) is 45.4 Å². The molecule has 0 aromatic heterocycles. The molecule has 3 nitrogen and oxygen atoms in total. The molecule has 0 saturated carbocycles. The number of nitrogens with one attached hydrogen (secondary N) is 1. The molecule has 0 bridgehead atoms. The fraction of sp³-hybridized carbons (Fsp3) is 0.667. The topological polar surface area (TPSA) is 18.5 Å². The average Bonchev–Trinajstić information content (AvgIpc) is 3.03. The lowest BCUT2D eigenvalue weighted by atomic mass is 10.1. The number of rotatable bonds is 6. The Hall–Kier alpha value is -0.900. The van der Waals surface area contributed by atoms with Crippen LogP contribution >= 0.6 is 0 Å². The maximum atomic E-state index is 3.61. The first kappa shape index (κ1) is 15.0. The summed E-state index contributed by atoms with van der Waals surface area (Å²) in [5, 5.41) is 3.61. The third-order valence-electron chi connectivity index (χ3n) is 4.89. The highest BCUT2D eigenvalue weighted by molar-refractivity contribution is 5.14. The summed E-state index contributed by atoms with van der Waals surface area (Å²) in [7, 11) is 0. The molecule has 2 aliphatic rings. The standard InChI is InChI=1S/C18H29N3/c1-2-6-17(7-3-1)8-5-11-20-12-14-21(15-13-20)16-18-9-4-10-19-18/h1-3,6-7,18-19H,4-5,8-16H2. The molecule has 3 heteroatoms. The van der Waals surface area contributed by atoms with Gasteiger partial charge in [0.05, 0.1) is 0 Å². The van der Waals surface area contributed by atoms with E-state index in [4.69, 9.17) is 0 Å². The first-order valence-electron chi connectivity index (χ1n) is 8.62. The maximum Gasteiger partial charge on any atom is 0.0195 e. The van der Waals surface area contributed by atoms with Crippen LogP contribution in [0.2, 0.25) is 0 Å². The molecular formula is C18H29N3. The van der Waals surface area contributed by atoms with Crippen molar-refractivity contribution in [2.75, 3.05) is 45.8 Å². The van der Waals surface area contributed by atoms with Crippen molar-refractivity contribution in [1.82, 2.24) is 15.1 Å². The zero-order valence-electron chi connectivity index (χ0n) is 13.1. The number of hydrogen-bond acceptors (Lipinski definition) is 3. The van der Waals surface area contributed by atoms with Crippen molar-refractivity contribution in [2.24, 2.45) is 0 Å². The molecule has 0 radical (unpaired) electrons. The van der Waals surface area contributed by atoms with Gasteiger partial charge in [0.1, 0.15) is 0 Å². The number of benzene rings is 1. The van der Waals surface area contributed by atoms with E-state index in [0.29, 0.717) is 0 Å². The van der Waals surface area contributed by atoms with Gasteiger partial charge in [-0.15, -0.1) is 0 Å². The Morgan fingerprint density at radius 1 is 1.00 bits per heavy atom. The molecule has 116 valence electrons. The van der Waals surface area contributed by atoms with Crippen molar-refractivity contribution in [3.63, 3.8) is 0 Å². The van der Waals surface area contributed by atoms with E-state index >= 15 is 0 Å². The van der Waals surface area contributed by atoms with E-state index in [0.717, 1.165) is 6.04 Å². The largest absolute Gasteiger partial charge is 0.313 e. The first-order valence-corrected chi connectivity index (χ1v) is 8.62. The summed E-state index contributed by atoms with van der Waals surface area (Å²) in [5.41, 5.74) is 1.48. The molecule has 2 heterocycles. The van der Waals surface area contributed by atoms with Crippen LogP contribution in [0.4, 0.5) is 0 Å². The van der Waals surface area contributed by atoms with E-state index in [9.17, 15) is 0 Å². The van der Waals surface area contributed by atoms with E-state index < -0.39 is 0 Å². The van der Waals surface area contributed by atoms with Crippen LogP contribution in [0.3, 0.4) is 0 Å². The summed E-state index contributed by atoms with van der Waals surface area (Å²) in [4.78, 5) is 5.29. The zero-order chi connectivity index (χ0) is 14.3. The maximum absolute atomic E-state index is 3.61. The molecular weight excluding hydrogens is 258 g/mol. The molecule has 0 amide bonds. The summed E-state index contributed by atoms with van der Waals surface area (Å²) in [6.07, 6.45) is 5.24. The predicted octanol–water partition coefficient (Wildman–Crippen LogP) is 1.99. The van der Waals surface area contributed by atoms with E-state index in [1.165, 1.54) is 77.1 Å². The van der Waals surface area contributed by atoms with Gasteiger partial charge in [0.25, 0.3) is 0 Å². The molecule has 0 spiro atoms. The van der Waals surface area contributed by atoms with Gasteiger partial charge in [-0.1, -0.05) is 30.3 Å². The summed E-state index contributed by atoms with van der Waals surface area (Å²) in [5.74, 6) is 0. The molecule has 2 fully saturated rings. The fourth-order valence-corrected chi connectivity index (χ4v) is 3.57. The Balaban J connectivity index is 1.30. The Bertz CT molecular complexity index is 392. The normalized spacial score (nSPS) is 24.5. The number of hydrogen-bond donors (Lipinski definition) is 1. The molecule has 0 aliphatic carbocycles. The Morgan fingerprint density at radius 2 is 1.76 bits per heavy atom. The second-order valence-corrected chi connectivity index (χ2v) is 6.52. The minimum absolute atomic E-state index is 0.759. The Kier molecular flexibility index (Phi) is 5.67. The van der Waals surface area contributed by atoms with Gasteiger partial charge >= 0.3 is 0 Å². The highest BCUT2D eigenvalue weighted by Gasteiger charge is 2.21. The lowest BCUT2D eigenvalue weighted by Crippen LogP contribution is -2.49. The summed E-state index contributed by atoms with van der Waals surface area (Å²) >= 11 is 0. The minimum Gasteiger partial charge on any atom is -0.313 e. The van der Waals surface area contributed by atoms with Gasteiger partial charge in [-0.25, -0.2) is 0 Å². The van der Waals surface area contributed by atoms with Crippen LogP contribution in [0.15, 0.2) is 30.3 Å². The second-order valence-electron chi connectivity index (χ2n) is 6.52. The molecule has 1 atom stereocenters. The van der Waals surface area contributed by atoms with Gasteiger partial charge in [0.15, 0.2) is 0 Å². The van der Waals surface area contributed by atoms with E-state index in [1.54, 1.807) is 0 Å². The summed E-state index contributed by atoms with van der Waals surface area (Å²) < 4.78 is 0. The van der Waals surface area contributed by atoms with Crippen molar-refractivity contribution in [3.8, 4) is 0 Å². The van der Waals surface area contributed by atoms with Gasteiger partial charge in [0, 0.05) is 38.8 Å². The van der Waals surface area contributed by atoms with Crippen molar-refractivity contribution < 1.29 is 0 Å². The van der Waals surface area contributed by atoms with Gasteiger partial charge in [-0.05, 0) is 44.3 Å². The van der Waals surface area contributed by atoms with Crippen LogP contribution in [0, 0.1) is 0 Å². The van der Waals surface area contributed by atoms with Gasteiger partial charge in [-0.2, -0.15) is 0 Å². The second kappa shape index (κ2) is 7.92. The molecule has 2 saturated heterocycles. The molecule has 3 rings (SSSR count). The van der Waals surface area contributed by atoms with Gasteiger partial charge in [0.2, 0.25) is 0 Å². The molecule has 1 aromatic rings. The van der Waals surface area contributed by atoms with Crippen molar-refractivity contribution in [1.29, 1.82) is 0 Å². The molecule has 1 N–H and O–H groups in total. The molecule has 1 aromatic carbocycles. The van der Waals surface area contributed by atoms with Crippen molar-refractivity contribution in [3.05, 3.63) is 35.9 Å². The van der Waals surface area contributed by atoms with Crippen LogP contribution in [-0.4, -0.2) is 61.7 Å². The number of piperazine rings is 1. The lowest BCUT2D eigenvalue weighted by molar-refractivity contribution is 0.124. The van der Waals surface area contributed by atoms with E-state index in [1.807, 2.05) is 0 Å². The van der Waals surface area contributed by atoms with Crippen LogP contribution < -0.4 is 5.32 Å². The van der Waals surface area contributed by atoms with Crippen LogP contribution in [-0.2, 0) is 6.42 Å². The monoisotopic (exact) mass is 287 g/mol. The Labute approximate surface area is 129 Å². The number of aryl methyl sites for hydroxylation is 1. The van der Waals surface area contributed by atoms with E-state index in [-0.39, 0.29) is 0 Å². The summed E-state index contributed by atoms with van der Waals surface area (Å²) in [6, 6.07) is 11.6. The van der Waals surface area contributed by atoms with Crippen molar-refractivity contribution >= 4 is 0 Å². The summed E-state index contributed by atoms with van der Waals surface area (Å²) in [6.45, 7) is 8.75. The van der Waals surface area contributed by atoms with Crippen LogP contribution in [0.1, 0.15) is 24.8 Å². The quantitative estimate of drug-likeness (QED) is 0.863. The predicted molar refractivity (Wildman–Crippen MR) is 88.7 cm³/mol. The highest BCUT2D eigenvalue weighted by Crippen LogP contribution is 2.10. The first-order chi connectivity index (χ1) is 10.4. The van der Waals surface area contributed by atoms with Crippen LogP contribution in [0.25, 0.3) is 0 Å². The SMILES string of the molecule is c1ccc(CCCN2CCN(CC3CCCN3)CC2)cc1. The minimum atomic E-state index is 0.759. The molecule has 1 unspecified atom stereocenters. The zero-order valence-corrected chi connectivity index (χ0v) is 13.1. The van der Waals surface area contributed by atoms with Crippen molar-refractivity contribution in [2.45, 2.75) is 31.7 Å². The fourth-order valence-electron chi connectivity index (χ4n) is 3.57. The van der Waals surface area contributed by atoms with Gasteiger partial charge in [-0.3, -0.25) is 4.90 Å². The van der Waals surface area contributed by atoms with Crippen LogP contribution in [0.5, 0.6) is 0 Å². The lowest BCUT2D eigenvalue weighted by Gasteiger charge is -2.36. The third-order valence-corrected chi connectivity index (χ3v) is 4.89.